The fourth-order valence-electron chi connectivity index (χ4n) is 2.33. The summed E-state index contributed by atoms with van der Waals surface area (Å²) in [6, 6.07) is 4.25. The molecule has 0 bridgehead atoms. The first-order valence-corrected chi connectivity index (χ1v) is 8.97. The van der Waals surface area contributed by atoms with Crippen molar-refractivity contribution in [3.05, 3.63) is 23.8 Å². The Morgan fingerprint density at radius 3 is 2.70 bits per heavy atom. The van der Waals surface area contributed by atoms with E-state index in [4.69, 9.17) is 9.47 Å². The molecular formula is C15H19NO6S. The average molecular weight is 341 g/mol. The second-order valence-electron chi connectivity index (χ2n) is 5.40. The molecule has 0 spiro atoms. The average Bonchev–Trinajstić information content (AvgIpc) is 2.85. The number of hydrogen-bond donors (Lipinski definition) is 1. The van der Waals surface area contributed by atoms with Crippen LogP contribution in [0.5, 0.6) is 11.5 Å². The molecule has 1 heterocycles. The van der Waals surface area contributed by atoms with Gasteiger partial charge in [0.05, 0.1) is 18.6 Å². The summed E-state index contributed by atoms with van der Waals surface area (Å²) < 4.78 is 33.5. The Labute approximate surface area is 134 Å². The lowest BCUT2D eigenvalue weighted by Crippen LogP contribution is -2.43. The fraction of sp³-hybridized carbons (Fsp3) is 0.467. The Bertz CT molecular complexity index is 700. The number of nitrogens with one attached hydrogen (secondary N) is 1. The summed E-state index contributed by atoms with van der Waals surface area (Å²) in [5.41, 5.74) is 0.398. The zero-order valence-corrected chi connectivity index (χ0v) is 13.8. The molecule has 2 unspecified atom stereocenters. The molecule has 1 aromatic rings. The van der Waals surface area contributed by atoms with Gasteiger partial charge in [0.15, 0.2) is 27.4 Å². The maximum absolute atomic E-state index is 12.1. The third kappa shape index (κ3) is 4.44. The van der Waals surface area contributed by atoms with Crippen LogP contribution in [0.4, 0.5) is 0 Å². The molecular weight excluding hydrogens is 322 g/mol. The molecule has 1 N–H and O–H groups in total. The monoisotopic (exact) mass is 341 g/mol. The number of benzene rings is 1. The molecule has 1 fully saturated rings. The predicted octanol–water partition coefficient (Wildman–Crippen LogP) is 0.578. The van der Waals surface area contributed by atoms with Crippen LogP contribution in [-0.4, -0.2) is 51.4 Å². The topological polar surface area (TPSA) is 98.8 Å². The standard InChI is InChI=1S/C15H19NO6S/c1-10(15(18)16-12-5-6-23(19,20)9-12)22-14-7-11(8-17)3-4-13(14)21-2/h3-4,7-8,10,12H,5-6,9H2,1-2H3,(H,16,18). The predicted molar refractivity (Wildman–Crippen MR) is 83.7 cm³/mol. The van der Waals surface area contributed by atoms with Gasteiger partial charge in [-0.25, -0.2) is 8.42 Å². The third-order valence-corrected chi connectivity index (χ3v) is 5.34. The van der Waals surface area contributed by atoms with Crippen molar-refractivity contribution in [3.63, 3.8) is 0 Å². The Balaban J connectivity index is 2.02. The van der Waals surface area contributed by atoms with Gasteiger partial charge >= 0.3 is 0 Å². The molecule has 0 saturated carbocycles. The maximum atomic E-state index is 12.1. The van der Waals surface area contributed by atoms with E-state index < -0.39 is 21.8 Å². The van der Waals surface area contributed by atoms with E-state index in [1.165, 1.54) is 13.2 Å². The van der Waals surface area contributed by atoms with E-state index in [9.17, 15) is 18.0 Å². The second kappa shape index (κ2) is 6.99. The molecule has 2 rings (SSSR count). The Morgan fingerprint density at radius 2 is 2.13 bits per heavy atom. The number of aldehydes is 1. The number of carbonyl (C=O) groups is 2. The summed E-state index contributed by atoms with van der Waals surface area (Å²) in [5, 5.41) is 2.67. The van der Waals surface area contributed by atoms with Crippen LogP contribution >= 0.6 is 0 Å². The van der Waals surface area contributed by atoms with Crippen molar-refractivity contribution in [3.8, 4) is 11.5 Å². The first-order chi connectivity index (χ1) is 10.8. The third-order valence-electron chi connectivity index (χ3n) is 3.58. The molecule has 23 heavy (non-hydrogen) atoms. The molecule has 1 aliphatic heterocycles. The largest absolute Gasteiger partial charge is 0.493 e. The van der Waals surface area contributed by atoms with Crippen LogP contribution in [0.25, 0.3) is 0 Å². The summed E-state index contributed by atoms with van der Waals surface area (Å²) in [7, 11) is -1.60. The van der Waals surface area contributed by atoms with Crippen molar-refractivity contribution in [2.24, 2.45) is 0 Å². The number of carbonyl (C=O) groups excluding carboxylic acids is 2. The van der Waals surface area contributed by atoms with Crippen molar-refractivity contribution >= 4 is 22.0 Å². The summed E-state index contributed by atoms with van der Waals surface area (Å²) in [4.78, 5) is 23.0. The Kier molecular flexibility index (Phi) is 5.25. The van der Waals surface area contributed by atoms with Crippen LogP contribution < -0.4 is 14.8 Å². The minimum absolute atomic E-state index is 0.0462. The SMILES string of the molecule is COc1ccc(C=O)cc1OC(C)C(=O)NC1CCS(=O)(=O)C1. The highest BCUT2D eigenvalue weighted by Crippen LogP contribution is 2.28. The number of sulfone groups is 1. The van der Waals surface area contributed by atoms with Gasteiger partial charge < -0.3 is 14.8 Å². The Hall–Kier alpha value is -2.09. The van der Waals surface area contributed by atoms with Crippen molar-refractivity contribution in [1.82, 2.24) is 5.32 Å². The van der Waals surface area contributed by atoms with Gasteiger partial charge in [0.2, 0.25) is 0 Å². The highest BCUT2D eigenvalue weighted by molar-refractivity contribution is 7.91. The molecule has 1 aromatic carbocycles. The summed E-state index contributed by atoms with van der Waals surface area (Å²) in [6.45, 7) is 1.55. The van der Waals surface area contributed by atoms with E-state index in [2.05, 4.69) is 5.32 Å². The van der Waals surface area contributed by atoms with Gasteiger partial charge in [-0.3, -0.25) is 9.59 Å². The van der Waals surface area contributed by atoms with Crippen LogP contribution in [0.3, 0.4) is 0 Å². The molecule has 7 nitrogen and oxygen atoms in total. The second-order valence-corrected chi connectivity index (χ2v) is 7.63. The van der Waals surface area contributed by atoms with Gasteiger partial charge in [0, 0.05) is 11.6 Å². The normalized spacial score (nSPS) is 20.5. The van der Waals surface area contributed by atoms with E-state index in [-0.39, 0.29) is 23.3 Å². The Morgan fingerprint density at radius 1 is 1.39 bits per heavy atom. The first kappa shape index (κ1) is 17.3. The quantitative estimate of drug-likeness (QED) is 0.760. The van der Waals surface area contributed by atoms with E-state index in [1.807, 2.05) is 0 Å². The van der Waals surface area contributed by atoms with Gasteiger partial charge in [-0.1, -0.05) is 0 Å². The van der Waals surface area contributed by atoms with Crippen molar-refractivity contribution < 1.29 is 27.5 Å². The number of hydrogen-bond acceptors (Lipinski definition) is 6. The van der Waals surface area contributed by atoms with E-state index in [0.717, 1.165) is 0 Å². The van der Waals surface area contributed by atoms with Crippen LogP contribution in [0.15, 0.2) is 18.2 Å². The van der Waals surface area contributed by atoms with Crippen molar-refractivity contribution in [1.29, 1.82) is 0 Å². The molecule has 0 aliphatic carbocycles. The van der Waals surface area contributed by atoms with Crippen LogP contribution in [0, 0.1) is 0 Å². The van der Waals surface area contributed by atoms with Gasteiger partial charge in [-0.05, 0) is 31.5 Å². The minimum Gasteiger partial charge on any atom is -0.493 e. The number of methoxy groups -OCH3 is 1. The molecule has 8 heteroatoms. The van der Waals surface area contributed by atoms with E-state index >= 15 is 0 Å². The van der Waals surface area contributed by atoms with E-state index in [1.54, 1.807) is 19.1 Å². The zero-order chi connectivity index (χ0) is 17.0. The first-order valence-electron chi connectivity index (χ1n) is 7.15. The lowest BCUT2D eigenvalue weighted by molar-refractivity contribution is -0.127. The van der Waals surface area contributed by atoms with Crippen molar-refractivity contribution in [2.75, 3.05) is 18.6 Å². The zero-order valence-electron chi connectivity index (χ0n) is 12.9. The van der Waals surface area contributed by atoms with Gasteiger partial charge in [0.25, 0.3) is 5.91 Å². The van der Waals surface area contributed by atoms with Crippen LogP contribution in [0.2, 0.25) is 0 Å². The van der Waals surface area contributed by atoms with Gasteiger partial charge in [-0.15, -0.1) is 0 Å². The highest BCUT2D eigenvalue weighted by atomic mass is 32.2. The molecule has 0 aromatic heterocycles. The van der Waals surface area contributed by atoms with Crippen LogP contribution in [-0.2, 0) is 14.6 Å². The van der Waals surface area contributed by atoms with Gasteiger partial charge in [0.1, 0.15) is 6.29 Å². The summed E-state index contributed by atoms with van der Waals surface area (Å²) >= 11 is 0. The van der Waals surface area contributed by atoms with E-state index in [0.29, 0.717) is 24.0 Å². The fourth-order valence-corrected chi connectivity index (χ4v) is 4.00. The number of rotatable bonds is 6. The van der Waals surface area contributed by atoms with Gasteiger partial charge in [-0.2, -0.15) is 0 Å². The lowest BCUT2D eigenvalue weighted by atomic mass is 10.2. The minimum atomic E-state index is -3.06. The summed E-state index contributed by atoms with van der Waals surface area (Å²) in [5.74, 6) is 0.306. The molecule has 1 aliphatic rings. The lowest BCUT2D eigenvalue weighted by Gasteiger charge is -2.19. The smallest absolute Gasteiger partial charge is 0.261 e. The van der Waals surface area contributed by atoms with Crippen LogP contribution in [0.1, 0.15) is 23.7 Å². The molecule has 2 atom stereocenters. The molecule has 0 radical (unpaired) electrons. The maximum Gasteiger partial charge on any atom is 0.261 e. The number of amides is 1. The van der Waals surface area contributed by atoms with Crippen molar-refractivity contribution in [2.45, 2.75) is 25.5 Å². The summed E-state index contributed by atoms with van der Waals surface area (Å²) in [6.07, 6.45) is 0.222. The number of ether oxygens (including phenoxy) is 2. The highest BCUT2D eigenvalue weighted by Gasteiger charge is 2.30. The molecule has 126 valence electrons. The molecule has 1 amide bonds. The molecule has 1 saturated heterocycles.